The maximum atomic E-state index is 13.4. The molecular formula is C26H26ClIN2O3. The lowest BCUT2D eigenvalue weighted by atomic mass is 10.0. The summed E-state index contributed by atoms with van der Waals surface area (Å²) in [5, 5.41) is 3.42. The Morgan fingerprint density at radius 1 is 1.00 bits per heavy atom. The van der Waals surface area contributed by atoms with Crippen molar-refractivity contribution in [3.05, 3.63) is 98.6 Å². The minimum Gasteiger partial charge on any atom is -0.484 e. The zero-order valence-electron chi connectivity index (χ0n) is 18.3. The molecule has 3 rings (SSSR count). The number of halogens is 2. The Kier molecular flexibility index (Phi) is 9.57. The molecule has 0 radical (unpaired) electrons. The van der Waals surface area contributed by atoms with Gasteiger partial charge in [-0.1, -0.05) is 60.1 Å². The van der Waals surface area contributed by atoms with Gasteiger partial charge in [0.1, 0.15) is 11.8 Å². The third-order valence-electron chi connectivity index (χ3n) is 5.10. The Balaban J connectivity index is 1.89. The molecule has 33 heavy (non-hydrogen) atoms. The normalized spacial score (nSPS) is 11.5. The molecule has 0 bridgehead atoms. The lowest BCUT2D eigenvalue weighted by Crippen LogP contribution is -2.51. The van der Waals surface area contributed by atoms with Crippen LogP contribution in [0.25, 0.3) is 0 Å². The standard InChI is InChI=1S/C26H26ClIN2O3/c1-2-29-26(32)24(16-19-8-4-3-5-9-19)30(17-20-10-6-7-11-23(20)27)25(31)18-33-22-14-12-21(28)13-15-22/h3-15,24H,2,16-18H2,1H3,(H,29,32). The first-order valence-corrected chi connectivity index (χ1v) is 12.2. The number of nitrogens with zero attached hydrogens (tertiary/aromatic N) is 1. The maximum Gasteiger partial charge on any atom is 0.261 e. The van der Waals surface area contributed by atoms with Crippen LogP contribution in [-0.4, -0.2) is 35.9 Å². The van der Waals surface area contributed by atoms with Gasteiger partial charge < -0.3 is 15.0 Å². The number of hydrogen-bond acceptors (Lipinski definition) is 3. The molecule has 1 N–H and O–H groups in total. The Morgan fingerprint density at radius 2 is 1.67 bits per heavy atom. The van der Waals surface area contributed by atoms with Crippen molar-refractivity contribution < 1.29 is 14.3 Å². The fourth-order valence-electron chi connectivity index (χ4n) is 3.41. The zero-order chi connectivity index (χ0) is 23.6. The van der Waals surface area contributed by atoms with Gasteiger partial charge in [-0.25, -0.2) is 0 Å². The SMILES string of the molecule is CCNC(=O)C(Cc1ccccc1)N(Cc1ccccc1Cl)C(=O)COc1ccc(I)cc1. The van der Waals surface area contributed by atoms with Crippen molar-refractivity contribution in [3.63, 3.8) is 0 Å². The van der Waals surface area contributed by atoms with E-state index in [0.717, 1.165) is 14.7 Å². The molecule has 5 nitrogen and oxygen atoms in total. The van der Waals surface area contributed by atoms with Crippen molar-refractivity contribution in [2.24, 2.45) is 0 Å². The number of rotatable bonds is 10. The molecule has 0 aliphatic rings. The van der Waals surface area contributed by atoms with Gasteiger partial charge in [-0.15, -0.1) is 0 Å². The van der Waals surface area contributed by atoms with E-state index in [2.05, 4.69) is 27.9 Å². The molecule has 0 saturated heterocycles. The highest BCUT2D eigenvalue weighted by Gasteiger charge is 2.30. The van der Waals surface area contributed by atoms with Gasteiger partial charge in [0.15, 0.2) is 6.61 Å². The van der Waals surface area contributed by atoms with Crippen LogP contribution >= 0.6 is 34.2 Å². The second-order valence-electron chi connectivity index (χ2n) is 7.46. The molecule has 0 fully saturated rings. The van der Waals surface area contributed by atoms with Crippen LogP contribution in [0.2, 0.25) is 5.02 Å². The van der Waals surface area contributed by atoms with Gasteiger partial charge in [-0.05, 0) is 71.0 Å². The Bertz CT molecular complexity index is 1060. The first kappa shape index (κ1) is 25.1. The van der Waals surface area contributed by atoms with Gasteiger partial charge in [0.05, 0.1) is 0 Å². The van der Waals surface area contributed by atoms with Crippen molar-refractivity contribution in [2.75, 3.05) is 13.2 Å². The van der Waals surface area contributed by atoms with Crippen LogP contribution in [0.3, 0.4) is 0 Å². The van der Waals surface area contributed by atoms with E-state index in [-0.39, 0.29) is 25.0 Å². The van der Waals surface area contributed by atoms with Gasteiger partial charge in [0.25, 0.3) is 5.91 Å². The number of carbonyl (C=O) groups is 2. The van der Waals surface area contributed by atoms with E-state index in [9.17, 15) is 9.59 Å². The predicted molar refractivity (Wildman–Crippen MR) is 139 cm³/mol. The molecule has 0 heterocycles. The quantitative estimate of drug-likeness (QED) is 0.342. The van der Waals surface area contributed by atoms with Crippen LogP contribution < -0.4 is 10.1 Å². The highest BCUT2D eigenvalue weighted by Crippen LogP contribution is 2.21. The van der Waals surface area contributed by atoms with Crippen LogP contribution in [0.1, 0.15) is 18.1 Å². The second kappa shape index (κ2) is 12.6. The molecule has 1 unspecified atom stereocenters. The average molecular weight is 577 g/mol. The molecule has 0 spiro atoms. The van der Waals surface area contributed by atoms with E-state index in [1.54, 1.807) is 11.0 Å². The van der Waals surface area contributed by atoms with Crippen LogP contribution in [-0.2, 0) is 22.6 Å². The number of nitrogens with one attached hydrogen (secondary N) is 1. The van der Waals surface area contributed by atoms with E-state index in [1.807, 2.05) is 79.7 Å². The van der Waals surface area contributed by atoms with E-state index >= 15 is 0 Å². The third-order valence-corrected chi connectivity index (χ3v) is 6.18. The molecule has 0 aliphatic carbocycles. The molecule has 172 valence electrons. The summed E-state index contributed by atoms with van der Waals surface area (Å²) in [6, 6.07) is 23.8. The largest absolute Gasteiger partial charge is 0.484 e. The topological polar surface area (TPSA) is 58.6 Å². The summed E-state index contributed by atoms with van der Waals surface area (Å²) in [7, 11) is 0. The summed E-state index contributed by atoms with van der Waals surface area (Å²) in [5.74, 6) is 0.0933. The molecule has 2 amide bonds. The van der Waals surface area contributed by atoms with Gasteiger partial charge in [0, 0.05) is 28.1 Å². The van der Waals surface area contributed by atoms with Gasteiger partial charge in [-0.2, -0.15) is 0 Å². The predicted octanol–water partition coefficient (Wildman–Crippen LogP) is 5.10. The smallest absolute Gasteiger partial charge is 0.261 e. The summed E-state index contributed by atoms with van der Waals surface area (Å²) in [4.78, 5) is 28.1. The zero-order valence-corrected chi connectivity index (χ0v) is 21.3. The first-order valence-electron chi connectivity index (χ1n) is 10.7. The number of carbonyl (C=O) groups excluding carboxylic acids is 2. The van der Waals surface area contributed by atoms with Crippen LogP contribution in [0, 0.1) is 3.57 Å². The molecular weight excluding hydrogens is 551 g/mol. The van der Waals surface area contributed by atoms with Gasteiger partial charge >= 0.3 is 0 Å². The summed E-state index contributed by atoms with van der Waals surface area (Å²) < 4.78 is 6.83. The molecule has 3 aromatic carbocycles. The monoisotopic (exact) mass is 576 g/mol. The molecule has 1 atom stereocenters. The van der Waals surface area contributed by atoms with E-state index in [4.69, 9.17) is 16.3 Å². The Labute approximate surface area is 213 Å². The minimum atomic E-state index is -0.712. The van der Waals surface area contributed by atoms with Crippen LogP contribution in [0.4, 0.5) is 0 Å². The Morgan fingerprint density at radius 3 is 2.33 bits per heavy atom. The second-order valence-corrected chi connectivity index (χ2v) is 9.11. The number of hydrogen-bond donors (Lipinski definition) is 1. The van der Waals surface area contributed by atoms with Crippen molar-refractivity contribution in [3.8, 4) is 5.75 Å². The van der Waals surface area contributed by atoms with Crippen LogP contribution in [0.5, 0.6) is 5.75 Å². The van der Waals surface area contributed by atoms with E-state index in [0.29, 0.717) is 23.7 Å². The summed E-state index contributed by atoms with van der Waals surface area (Å²) >= 11 is 8.61. The fourth-order valence-corrected chi connectivity index (χ4v) is 3.97. The number of likely N-dealkylation sites (N-methyl/N-ethyl adjacent to an activating group) is 1. The average Bonchev–Trinajstić information content (AvgIpc) is 2.82. The summed E-state index contributed by atoms with van der Waals surface area (Å²) in [6.07, 6.45) is 0.381. The third kappa shape index (κ3) is 7.47. The molecule has 0 aliphatic heterocycles. The lowest BCUT2D eigenvalue weighted by molar-refractivity contribution is -0.142. The maximum absolute atomic E-state index is 13.4. The molecule has 0 saturated carbocycles. The van der Waals surface area contributed by atoms with Crippen molar-refractivity contribution in [2.45, 2.75) is 25.9 Å². The lowest BCUT2D eigenvalue weighted by Gasteiger charge is -2.31. The summed E-state index contributed by atoms with van der Waals surface area (Å²) in [6.45, 7) is 2.34. The van der Waals surface area contributed by atoms with E-state index in [1.165, 1.54) is 0 Å². The van der Waals surface area contributed by atoms with Crippen molar-refractivity contribution >= 4 is 46.0 Å². The molecule has 0 aromatic heterocycles. The first-order chi connectivity index (χ1) is 16.0. The number of ether oxygens (including phenoxy) is 1. The Hall–Kier alpha value is -2.58. The fraction of sp³-hybridized carbons (Fsp3) is 0.231. The highest BCUT2D eigenvalue weighted by molar-refractivity contribution is 14.1. The van der Waals surface area contributed by atoms with Crippen LogP contribution in [0.15, 0.2) is 78.9 Å². The number of benzene rings is 3. The van der Waals surface area contributed by atoms with Crippen molar-refractivity contribution in [1.82, 2.24) is 10.2 Å². The molecule has 3 aromatic rings. The number of amides is 2. The summed E-state index contributed by atoms with van der Waals surface area (Å²) in [5.41, 5.74) is 1.73. The highest BCUT2D eigenvalue weighted by atomic mass is 127. The van der Waals surface area contributed by atoms with E-state index < -0.39 is 6.04 Å². The minimum absolute atomic E-state index is 0.185. The van der Waals surface area contributed by atoms with Gasteiger partial charge in [-0.3, -0.25) is 9.59 Å². The van der Waals surface area contributed by atoms with Crippen molar-refractivity contribution in [1.29, 1.82) is 0 Å². The van der Waals surface area contributed by atoms with Gasteiger partial charge in [0.2, 0.25) is 5.91 Å². The molecule has 7 heteroatoms.